The number of benzene rings is 4. The molecule has 0 unspecified atom stereocenters. The number of hydrogen-bond donors (Lipinski definition) is 0. The third-order valence-corrected chi connectivity index (χ3v) is 11.4. The van der Waals surface area contributed by atoms with E-state index in [1.165, 1.54) is 5.56 Å². The zero-order valence-electron chi connectivity index (χ0n) is 33.1. The fourth-order valence-corrected chi connectivity index (χ4v) is 7.51. The van der Waals surface area contributed by atoms with Crippen LogP contribution in [-0.2, 0) is 0 Å². The van der Waals surface area contributed by atoms with E-state index < -0.39 is 0 Å². The largest absolute Gasteiger partial charge is 0.322 e. The first kappa shape index (κ1) is 31.0. The van der Waals surface area contributed by atoms with Crippen LogP contribution >= 0.6 is 0 Å². The molecule has 0 radical (unpaired) electrons. The van der Waals surface area contributed by atoms with Crippen molar-refractivity contribution in [3.8, 4) is 44.8 Å². The number of anilines is 2. The SMILES string of the molecule is [2H]c1cc(-c2cc(-c3ccc(-c4ccccc4)cc3)cc(-c3cc([2H])cc(N4C(C)=NC(C)(C)C4(C)C)c3)n2)cc(N2C(C)=NC(C)(C)C2(C)C)c1. The van der Waals surface area contributed by atoms with Crippen LogP contribution in [0.3, 0.4) is 0 Å². The van der Waals surface area contributed by atoms with E-state index in [0.29, 0.717) is 12.1 Å². The highest BCUT2D eigenvalue weighted by Gasteiger charge is 2.49. The number of aliphatic imine (C=N–C) groups is 2. The lowest BCUT2D eigenvalue weighted by molar-refractivity contribution is 0.338. The number of aromatic nitrogens is 1. The molecule has 2 aliphatic heterocycles. The van der Waals surface area contributed by atoms with Crippen molar-refractivity contribution in [1.29, 1.82) is 0 Å². The van der Waals surface area contributed by atoms with Gasteiger partial charge in [0.15, 0.2) is 0 Å². The normalized spacial score (nSPS) is 19.2. The van der Waals surface area contributed by atoms with Crippen molar-refractivity contribution in [2.24, 2.45) is 9.98 Å². The Kier molecular flexibility index (Phi) is 7.31. The first-order valence-corrected chi connectivity index (χ1v) is 17.5. The lowest BCUT2D eigenvalue weighted by Gasteiger charge is -2.41. The molecule has 0 saturated heterocycles. The van der Waals surface area contributed by atoms with Crippen LogP contribution < -0.4 is 9.80 Å². The van der Waals surface area contributed by atoms with Crippen LogP contribution in [0.5, 0.6) is 0 Å². The van der Waals surface area contributed by atoms with Gasteiger partial charge in [-0.2, -0.15) is 0 Å². The van der Waals surface area contributed by atoms with E-state index >= 15 is 0 Å². The molecule has 50 heavy (non-hydrogen) atoms. The van der Waals surface area contributed by atoms with Crippen molar-refractivity contribution < 1.29 is 2.74 Å². The predicted molar refractivity (Wildman–Crippen MR) is 213 cm³/mol. The molecule has 0 saturated carbocycles. The molecule has 0 spiro atoms. The maximum atomic E-state index is 8.93. The maximum absolute atomic E-state index is 8.93. The van der Waals surface area contributed by atoms with Crippen molar-refractivity contribution in [3.05, 3.63) is 115 Å². The van der Waals surface area contributed by atoms with Gasteiger partial charge in [-0.25, -0.2) is 4.98 Å². The molecule has 0 atom stereocenters. The number of nitrogens with zero attached hydrogens (tertiary/aromatic N) is 5. The Bertz CT molecular complexity index is 2130. The minimum atomic E-state index is -0.298. The van der Waals surface area contributed by atoms with Crippen LogP contribution in [0, 0.1) is 0 Å². The topological polar surface area (TPSA) is 44.1 Å². The zero-order valence-corrected chi connectivity index (χ0v) is 31.1. The smallest absolute Gasteiger partial charge is 0.102 e. The molecule has 254 valence electrons. The molecule has 5 heteroatoms. The van der Waals surface area contributed by atoms with Gasteiger partial charge < -0.3 is 9.80 Å². The van der Waals surface area contributed by atoms with Gasteiger partial charge >= 0.3 is 0 Å². The van der Waals surface area contributed by atoms with Crippen molar-refractivity contribution in [3.63, 3.8) is 0 Å². The van der Waals surface area contributed by atoms with E-state index in [9.17, 15) is 0 Å². The van der Waals surface area contributed by atoms with E-state index in [2.05, 4.69) is 138 Å². The summed E-state index contributed by atoms with van der Waals surface area (Å²) >= 11 is 0. The van der Waals surface area contributed by atoms with Gasteiger partial charge in [-0.05, 0) is 128 Å². The summed E-state index contributed by atoms with van der Waals surface area (Å²) in [6.07, 6.45) is 0. The summed E-state index contributed by atoms with van der Waals surface area (Å²) in [5.74, 6) is 1.86. The van der Waals surface area contributed by atoms with Crippen molar-refractivity contribution in [1.82, 2.24) is 4.98 Å². The third kappa shape index (κ3) is 5.53. The molecule has 7 rings (SSSR count). The summed E-state index contributed by atoms with van der Waals surface area (Å²) in [7, 11) is 0. The molecule has 0 aliphatic carbocycles. The fourth-order valence-electron chi connectivity index (χ4n) is 7.51. The summed E-state index contributed by atoms with van der Waals surface area (Å²) in [4.78, 5) is 19.8. The molecule has 0 fully saturated rings. The molecule has 5 aromatic rings. The highest BCUT2D eigenvalue weighted by atomic mass is 15.3. The van der Waals surface area contributed by atoms with E-state index in [-0.39, 0.29) is 22.2 Å². The average molecular weight is 662 g/mol. The average Bonchev–Trinajstić information content (AvgIpc) is 3.35. The first-order chi connectivity index (χ1) is 24.4. The minimum Gasteiger partial charge on any atom is -0.322 e. The van der Waals surface area contributed by atoms with Crippen LogP contribution in [0.15, 0.2) is 125 Å². The van der Waals surface area contributed by atoms with Crippen LogP contribution in [0.1, 0.15) is 72.0 Å². The molecule has 0 bridgehead atoms. The van der Waals surface area contributed by atoms with Gasteiger partial charge in [0.05, 0.1) is 36.3 Å². The molecular weight excluding hydrogens is 611 g/mol. The van der Waals surface area contributed by atoms with Gasteiger partial charge in [-0.3, -0.25) is 9.98 Å². The van der Waals surface area contributed by atoms with Gasteiger partial charge in [0.1, 0.15) is 11.7 Å². The van der Waals surface area contributed by atoms with E-state index in [0.717, 1.165) is 62.3 Å². The van der Waals surface area contributed by atoms with Crippen LogP contribution in [0.4, 0.5) is 11.4 Å². The molecule has 1 aromatic heterocycles. The van der Waals surface area contributed by atoms with Crippen LogP contribution in [0.2, 0.25) is 0 Å². The summed E-state index contributed by atoms with van der Waals surface area (Å²) in [6.45, 7) is 21.6. The van der Waals surface area contributed by atoms with Crippen molar-refractivity contribution in [2.75, 3.05) is 9.80 Å². The highest BCUT2D eigenvalue weighted by molar-refractivity contribution is 6.01. The summed E-state index contributed by atoms with van der Waals surface area (Å²) < 4.78 is 17.9. The van der Waals surface area contributed by atoms with Gasteiger partial charge in [0.25, 0.3) is 0 Å². The Morgan fingerprint density at radius 2 is 0.860 bits per heavy atom. The Morgan fingerprint density at radius 1 is 0.460 bits per heavy atom. The van der Waals surface area contributed by atoms with Gasteiger partial charge in [-0.1, -0.05) is 78.8 Å². The van der Waals surface area contributed by atoms with Crippen LogP contribution in [0.25, 0.3) is 44.8 Å². The number of rotatable bonds is 6. The Hall–Kier alpha value is -5.03. The fraction of sp³-hybridized carbons (Fsp3) is 0.311. The van der Waals surface area contributed by atoms with Crippen LogP contribution in [-0.4, -0.2) is 38.8 Å². The number of amidine groups is 2. The Labute approximate surface area is 301 Å². The summed E-state index contributed by atoms with van der Waals surface area (Å²) in [5.41, 5.74) is 8.27. The second kappa shape index (κ2) is 11.8. The molecule has 5 nitrogen and oxygen atoms in total. The summed E-state index contributed by atoms with van der Waals surface area (Å²) in [5, 5.41) is 0. The molecule has 4 aromatic carbocycles. The lowest BCUT2D eigenvalue weighted by Crippen LogP contribution is -2.53. The van der Waals surface area contributed by atoms with E-state index in [1.54, 1.807) is 0 Å². The molecule has 0 amide bonds. The van der Waals surface area contributed by atoms with E-state index in [1.807, 2.05) is 44.2 Å². The molecular formula is C45H49N5. The Balaban J connectivity index is 1.39. The summed E-state index contributed by atoms with van der Waals surface area (Å²) in [6, 6.07) is 36.0. The maximum Gasteiger partial charge on any atom is 0.102 e. The lowest BCUT2D eigenvalue weighted by atomic mass is 9.83. The number of hydrogen-bond acceptors (Lipinski definition) is 5. The molecule has 3 heterocycles. The van der Waals surface area contributed by atoms with E-state index in [4.69, 9.17) is 17.7 Å². The van der Waals surface area contributed by atoms with Crippen molar-refractivity contribution >= 4 is 23.0 Å². The highest BCUT2D eigenvalue weighted by Crippen LogP contribution is 2.43. The third-order valence-electron chi connectivity index (χ3n) is 11.4. The Morgan fingerprint density at radius 3 is 1.26 bits per heavy atom. The number of pyridine rings is 1. The van der Waals surface area contributed by atoms with Gasteiger partial charge in [0.2, 0.25) is 0 Å². The second-order valence-corrected chi connectivity index (χ2v) is 15.8. The minimum absolute atomic E-state index is 0.298. The second-order valence-electron chi connectivity index (χ2n) is 15.8. The molecule has 2 aliphatic rings. The zero-order chi connectivity index (χ0) is 37.4. The standard InChI is InChI=1S/C45H49N5/c1-30-47-42(3,4)44(7,8)49(30)38-20-14-18-35(26-38)40-28-37(34-24-22-33(23-25-34)32-16-12-11-13-17-32)29-41(46-40)36-19-15-21-39(27-36)50-31(2)48-43(5,6)45(50,9)10/h11-29H,1-10H3/i14D,15D. The molecule has 0 N–H and O–H groups in total. The first-order valence-electron chi connectivity index (χ1n) is 18.5. The quantitative estimate of drug-likeness (QED) is 0.182. The predicted octanol–water partition coefficient (Wildman–Crippen LogP) is 11.3. The van der Waals surface area contributed by atoms with Gasteiger partial charge in [-0.15, -0.1) is 0 Å². The monoisotopic (exact) mass is 661 g/mol. The van der Waals surface area contributed by atoms with Crippen molar-refractivity contribution in [2.45, 2.75) is 91.4 Å². The van der Waals surface area contributed by atoms with Gasteiger partial charge in [0, 0.05) is 22.5 Å².